The molecule has 0 fully saturated rings. The third-order valence-corrected chi connectivity index (χ3v) is 6.11. The molecule has 0 unspecified atom stereocenters. The van der Waals surface area contributed by atoms with Crippen molar-refractivity contribution in [3.63, 3.8) is 0 Å². The molecule has 4 nitrogen and oxygen atoms in total. The Balaban J connectivity index is 1.91. The Kier molecular flexibility index (Phi) is 8.14. The summed E-state index contributed by atoms with van der Waals surface area (Å²) < 4.78 is 7.49. The van der Waals surface area contributed by atoms with Gasteiger partial charge in [-0.2, -0.15) is 5.26 Å². The number of hydrogen-bond acceptors (Lipinski definition) is 3. The Morgan fingerprint density at radius 1 is 1.16 bits per heavy atom. The number of hydrogen-bond donors (Lipinski definition) is 1. The van der Waals surface area contributed by atoms with Gasteiger partial charge in [-0.3, -0.25) is 4.79 Å². The largest absolute Gasteiger partial charge is 0.487 e. The Hall–Kier alpha value is -2.59. The van der Waals surface area contributed by atoms with E-state index in [2.05, 4.69) is 37.2 Å². The minimum absolute atomic E-state index is 0.0384. The highest BCUT2D eigenvalue weighted by molar-refractivity contribution is 9.11. The van der Waals surface area contributed by atoms with Crippen molar-refractivity contribution < 1.29 is 9.53 Å². The summed E-state index contributed by atoms with van der Waals surface area (Å²) in [6, 6.07) is 18.6. The van der Waals surface area contributed by atoms with Crippen LogP contribution in [0.5, 0.6) is 5.75 Å². The van der Waals surface area contributed by atoms with Gasteiger partial charge in [0, 0.05) is 20.7 Å². The van der Waals surface area contributed by atoms with Crippen molar-refractivity contribution in [1.82, 2.24) is 0 Å². The number of ether oxygens (including phenoxy) is 1. The molecule has 0 aliphatic carbocycles. The van der Waals surface area contributed by atoms with E-state index in [0.29, 0.717) is 26.5 Å². The summed E-state index contributed by atoms with van der Waals surface area (Å²) in [5, 5.41) is 13.1. The van der Waals surface area contributed by atoms with E-state index in [1.54, 1.807) is 12.1 Å². The summed E-state index contributed by atoms with van der Waals surface area (Å²) in [7, 11) is 0. The van der Waals surface area contributed by atoms with E-state index in [1.165, 1.54) is 6.08 Å². The quantitative estimate of drug-likeness (QED) is 0.244. The number of carbonyl (C=O) groups excluding carboxylic acids is 1. The topological polar surface area (TPSA) is 62.1 Å². The van der Waals surface area contributed by atoms with E-state index >= 15 is 0 Å². The highest BCUT2D eigenvalue weighted by Crippen LogP contribution is 2.35. The minimum atomic E-state index is -0.488. The van der Waals surface area contributed by atoms with Crippen molar-refractivity contribution in [2.75, 3.05) is 5.32 Å². The molecule has 0 aliphatic heterocycles. The van der Waals surface area contributed by atoms with E-state index in [9.17, 15) is 10.1 Å². The van der Waals surface area contributed by atoms with Gasteiger partial charge in [0.05, 0.1) is 4.47 Å². The van der Waals surface area contributed by atoms with Crippen molar-refractivity contribution in [2.45, 2.75) is 20.5 Å². The van der Waals surface area contributed by atoms with Crippen molar-refractivity contribution >= 4 is 61.1 Å². The monoisotopic (exact) mass is 572 g/mol. The van der Waals surface area contributed by atoms with Crippen molar-refractivity contribution in [3.05, 3.63) is 96.4 Å². The predicted octanol–water partition coefficient (Wildman–Crippen LogP) is 7.61. The lowest BCUT2D eigenvalue weighted by Gasteiger charge is -2.13. The van der Waals surface area contributed by atoms with Gasteiger partial charge in [0.2, 0.25) is 0 Å². The summed E-state index contributed by atoms with van der Waals surface area (Å²) in [4.78, 5) is 12.8. The van der Waals surface area contributed by atoms with E-state index in [1.807, 2.05) is 62.4 Å². The van der Waals surface area contributed by atoms with Crippen molar-refractivity contribution in [3.8, 4) is 11.8 Å². The second-order valence-electron chi connectivity index (χ2n) is 7.10. The molecular formula is C25H19Br2ClN2O2. The first-order valence-electron chi connectivity index (χ1n) is 9.64. The smallest absolute Gasteiger partial charge is 0.266 e. The van der Waals surface area contributed by atoms with Crippen molar-refractivity contribution in [1.29, 1.82) is 5.26 Å². The minimum Gasteiger partial charge on any atom is -0.487 e. The van der Waals surface area contributed by atoms with Gasteiger partial charge in [-0.25, -0.2) is 0 Å². The number of amides is 1. The number of halogens is 3. The lowest BCUT2D eigenvalue weighted by Crippen LogP contribution is -2.14. The predicted molar refractivity (Wildman–Crippen MR) is 136 cm³/mol. The molecule has 0 aliphatic rings. The lowest BCUT2D eigenvalue weighted by atomic mass is 10.1. The molecule has 0 heterocycles. The fraction of sp³-hybridized carbons (Fsp3) is 0.120. The summed E-state index contributed by atoms with van der Waals surface area (Å²) in [5.74, 6) is 0.0264. The summed E-state index contributed by atoms with van der Waals surface area (Å²) in [5.41, 5.74) is 4.12. The van der Waals surface area contributed by atoms with Crippen molar-refractivity contribution in [2.24, 2.45) is 0 Å². The number of rotatable bonds is 6. The molecule has 3 aromatic rings. The van der Waals surface area contributed by atoms with Gasteiger partial charge in [0.1, 0.15) is 24.0 Å². The van der Waals surface area contributed by atoms with Gasteiger partial charge >= 0.3 is 0 Å². The van der Waals surface area contributed by atoms with Crippen LogP contribution >= 0.6 is 43.5 Å². The average molecular weight is 575 g/mol. The molecule has 3 aromatic carbocycles. The molecule has 0 aromatic heterocycles. The molecule has 162 valence electrons. The van der Waals surface area contributed by atoms with E-state index < -0.39 is 5.91 Å². The molecule has 1 N–H and O–H groups in total. The molecule has 0 atom stereocenters. The second-order valence-corrected chi connectivity index (χ2v) is 9.30. The van der Waals surface area contributed by atoms with Gasteiger partial charge in [0.25, 0.3) is 5.91 Å². The van der Waals surface area contributed by atoms with Crippen LogP contribution in [-0.4, -0.2) is 5.91 Å². The Morgan fingerprint density at radius 3 is 2.62 bits per heavy atom. The third-order valence-electron chi connectivity index (χ3n) is 4.83. The molecule has 0 saturated carbocycles. The second kappa shape index (κ2) is 10.8. The lowest BCUT2D eigenvalue weighted by molar-refractivity contribution is -0.112. The van der Waals surface area contributed by atoms with Crippen LogP contribution in [0, 0.1) is 25.2 Å². The molecule has 1 amide bonds. The van der Waals surface area contributed by atoms with E-state index in [4.69, 9.17) is 16.3 Å². The number of nitriles is 1. The maximum Gasteiger partial charge on any atom is 0.266 e. The SMILES string of the molecule is Cc1cccc(NC(=O)/C(C#N)=C/c2cc(Br)cc(Br)c2OCc2cccc(Cl)c2)c1C. The Bertz CT molecular complexity index is 1250. The van der Waals surface area contributed by atoms with Crippen LogP contribution in [0.2, 0.25) is 5.02 Å². The van der Waals surface area contributed by atoms with Gasteiger partial charge < -0.3 is 10.1 Å². The fourth-order valence-electron chi connectivity index (χ4n) is 3.00. The van der Waals surface area contributed by atoms with Gasteiger partial charge in [-0.05, 0) is 82.9 Å². The van der Waals surface area contributed by atoms with Gasteiger partial charge in [0.15, 0.2) is 0 Å². The number of carbonyl (C=O) groups is 1. The number of anilines is 1. The summed E-state index contributed by atoms with van der Waals surface area (Å²) in [6.45, 7) is 4.17. The Morgan fingerprint density at radius 2 is 1.91 bits per heavy atom. The van der Waals surface area contributed by atoms with Gasteiger partial charge in [-0.1, -0.05) is 51.8 Å². The van der Waals surface area contributed by atoms with E-state index in [-0.39, 0.29) is 12.2 Å². The average Bonchev–Trinajstić information content (AvgIpc) is 2.74. The summed E-state index contributed by atoms with van der Waals surface area (Å²) in [6.07, 6.45) is 1.52. The van der Waals surface area contributed by atoms with Gasteiger partial charge in [-0.15, -0.1) is 0 Å². The van der Waals surface area contributed by atoms with Crippen LogP contribution in [0.25, 0.3) is 6.08 Å². The molecule has 7 heteroatoms. The highest BCUT2D eigenvalue weighted by atomic mass is 79.9. The maximum atomic E-state index is 12.8. The van der Waals surface area contributed by atoms with Crippen LogP contribution in [0.3, 0.4) is 0 Å². The number of aryl methyl sites for hydroxylation is 1. The van der Waals surface area contributed by atoms with Crippen LogP contribution in [0.4, 0.5) is 5.69 Å². The fourth-order valence-corrected chi connectivity index (χ4v) is 4.59. The van der Waals surface area contributed by atoms with Crippen LogP contribution < -0.4 is 10.1 Å². The van der Waals surface area contributed by atoms with Crippen LogP contribution in [0.1, 0.15) is 22.3 Å². The molecule has 0 saturated heterocycles. The van der Waals surface area contributed by atoms with Crippen LogP contribution in [-0.2, 0) is 11.4 Å². The standard InChI is InChI=1S/C25H19Br2ClN2O2/c1-15-5-3-8-23(16(15)2)30-25(31)19(13-29)10-18-11-20(26)12-22(27)24(18)32-14-17-6-4-7-21(28)9-17/h3-12H,14H2,1-2H3,(H,30,31)/b19-10+. The molecule has 0 spiro atoms. The first-order chi connectivity index (χ1) is 15.3. The van der Waals surface area contributed by atoms with E-state index in [0.717, 1.165) is 21.2 Å². The van der Waals surface area contributed by atoms with Crippen LogP contribution in [0.15, 0.2) is 69.1 Å². The first kappa shape index (κ1) is 24.1. The zero-order valence-electron chi connectivity index (χ0n) is 17.4. The molecule has 3 rings (SSSR count). The Labute approximate surface area is 209 Å². The summed E-state index contributed by atoms with van der Waals surface area (Å²) >= 11 is 13.0. The molecule has 0 radical (unpaired) electrons. The zero-order valence-corrected chi connectivity index (χ0v) is 21.3. The maximum absolute atomic E-state index is 12.8. The number of nitrogens with one attached hydrogen (secondary N) is 1. The number of benzene rings is 3. The molecular weight excluding hydrogens is 556 g/mol. The normalized spacial score (nSPS) is 11.1. The highest BCUT2D eigenvalue weighted by Gasteiger charge is 2.15. The molecule has 32 heavy (non-hydrogen) atoms. The third kappa shape index (κ3) is 6.01. The first-order valence-corrected chi connectivity index (χ1v) is 11.6. The zero-order chi connectivity index (χ0) is 23.3. The molecule has 0 bridgehead atoms. The number of nitrogens with zero attached hydrogens (tertiary/aromatic N) is 1.